The summed E-state index contributed by atoms with van der Waals surface area (Å²) in [5.41, 5.74) is 2.30. The highest BCUT2D eigenvalue weighted by atomic mass is 32.2. The predicted octanol–water partition coefficient (Wildman–Crippen LogP) is 3.36. The highest BCUT2D eigenvalue weighted by Crippen LogP contribution is 2.18. The van der Waals surface area contributed by atoms with E-state index in [1.165, 1.54) is 29.8 Å². The number of amides is 1. The number of benzene rings is 2. The molecule has 0 fully saturated rings. The molecule has 2 aromatic rings. The Morgan fingerprint density at radius 3 is 2.08 bits per heavy atom. The number of sulfonamides is 1. The van der Waals surface area contributed by atoms with Gasteiger partial charge in [-0.15, -0.1) is 0 Å². The van der Waals surface area contributed by atoms with Gasteiger partial charge in [-0.2, -0.15) is 0 Å². The van der Waals surface area contributed by atoms with E-state index in [1.807, 2.05) is 24.3 Å². The van der Waals surface area contributed by atoms with E-state index in [4.69, 9.17) is 0 Å². The smallest absolute Gasteiger partial charge is 0.255 e. The molecule has 0 aromatic heterocycles. The average Bonchev–Trinajstić information content (AvgIpc) is 2.55. The fourth-order valence-corrected chi connectivity index (χ4v) is 3.25. The molecule has 24 heavy (non-hydrogen) atoms. The molecule has 128 valence electrons. The van der Waals surface area contributed by atoms with Crippen molar-refractivity contribution >= 4 is 21.6 Å². The number of hydrogen-bond acceptors (Lipinski definition) is 3. The van der Waals surface area contributed by atoms with Crippen LogP contribution in [0.25, 0.3) is 0 Å². The number of hydrogen-bond donors (Lipinski definition) is 2. The van der Waals surface area contributed by atoms with E-state index >= 15 is 0 Å². The van der Waals surface area contributed by atoms with Gasteiger partial charge in [0, 0.05) is 17.8 Å². The van der Waals surface area contributed by atoms with Crippen LogP contribution >= 0.6 is 0 Å². The number of carbonyl (C=O) groups excluding carboxylic acids is 1. The van der Waals surface area contributed by atoms with Crippen LogP contribution in [-0.4, -0.2) is 20.9 Å². The maximum Gasteiger partial charge on any atom is 0.255 e. The first kappa shape index (κ1) is 18.2. The maximum absolute atomic E-state index is 12.2. The van der Waals surface area contributed by atoms with E-state index in [1.54, 1.807) is 6.92 Å². The zero-order chi connectivity index (χ0) is 17.7. The van der Waals surface area contributed by atoms with E-state index in [-0.39, 0.29) is 10.8 Å². The highest BCUT2D eigenvalue weighted by molar-refractivity contribution is 7.89. The lowest BCUT2D eigenvalue weighted by Gasteiger charge is -2.09. The predicted molar refractivity (Wildman–Crippen MR) is 95.8 cm³/mol. The molecule has 0 radical (unpaired) electrons. The van der Waals surface area contributed by atoms with Crippen LogP contribution in [0.15, 0.2) is 53.4 Å². The van der Waals surface area contributed by atoms with Crippen molar-refractivity contribution in [1.29, 1.82) is 0 Å². The fraction of sp³-hybridized carbons (Fsp3) is 0.278. The summed E-state index contributed by atoms with van der Waals surface area (Å²) in [4.78, 5) is 12.4. The third-order valence-corrected chi connectivity index (χ3v) is 5.16. The summed E-state index contributed by atoms with van der Waals surface area (Å²) >= 11 is 0. The number of anilines is 1. The van der Waals surface area contributed by atoms with Crippen LogP contribution < -0.4 is 10.0 Å². The van der Waals surface area contributed by atoms with Crippen LogP contribution in [0, 0.1) is 0 Å². The Balaban J connectivity index is 2.10. The molecule has 0 spiro atoms. The minimum absolute atomic E-state index is 0.141. The molecule has 0 bridgehead atoms. The molecule has 5 nitrogen and oxygen atoms in total. The van der Waals surface area contributed by atoms with Crippen LogP contribution in [0.5, 0.6) is 0 Å². The summed E-state index contributed by atoms with van der Waals surface area (Å²) in [5, 5.41) is 2.80. The fourth-order valence-electron chi connectivity index (χ4n) is 2.21. The highest BCUT2D eigenvalue weighted by Gasteiger charge is 2.13. The van der Waals surface area contributed by atoms with Crippen LogP contribution in [0.2, 0.25) is 0 Å². The molecule has 2 aromatic carbocycles. The second-order valence-corrected chi connectivity index (χ2v) is 7.52. The van der Waals surface area contributed by atoms with Gasteiger partial charge in [-0.1, -0.05) is 32.9 Å². The van der Waals surface area contributed by atoms with E-state index in [0.29, 0.717) is 23.7 Å². The molecule has 6 heteroatoms. The van der Waals surface area contributed by atoms with Crippen molar-refractivity contribution in [3.63, 3.8) is 0 Å². The number of nitrogens with one attached hydrogen (secondary N) is 2. The summed E-state index contributed by atoms with van der Waals surface area (Å²) < 4.78 is 26.2. The van der Waals surface area contributed by atoms with Crippen LogP contribution in [0.3, 0.4) is 0 Å². The van der Waals surface area contributed by atoms with Crippen LogP contribution in [0.4, 0.5) is 5.69 Å². The van der Waals surface area contributed by atoms with Crippen LogP contribution in [-0.2, 0) is 10.0 Å². The lowest BCUT2D eigenvalue weighted by Crippen LogP contribution is -2.23. The molecule has 0 atom stereocenters. The quantitative estimate of drug-likeness (QED) is 0.842. The summed E-state index contributed by atoms with van der Waals surface area (Å²) in [6, 6.07) is 13.5. The standard InChI is InChI=1S/C18H22N2O3S/c1-4-19-24(22,23)17-11-7-15(8-12-17)18(21)20-16-9-5-14(6-10-16)13(2)3/h5-13,19H,4H2,1-3H3,(H,20,21). The molecule has 2 rings (SSSR count). The van der Waals surface area contributed by atoms with E-state index < -0.39 is 10.0 Å². The maximum atomic E-state index is 12.2. The van der Waals surface area contributed by atoms with Gasteiger partial charge in [-0.3, -0.25) is 4.79 Å². The Labute approximate surface area is 143 Å². The van der Waals surface area contributed by atoms with Gasteiger partial charge in [-0.25, -0.2) is 13.1 Å². The molecule has 0 heterocycles. The molecule has 0 aliphatic rings. The van der Waals surface area contributed by atoms with Crippen LogP contribution in [0.1, 0.15) is 42.6 Å². The molecule has 2 N–H and O–H groups in total. The zero-order valence-corrected chi connectivity index (χ0v) is 14.9. The normalized spacial score (nSPS) is 11.5. The van der Waals surface area contributed by atoms with Gasteiger partial charge < -0.3 is 5.32 Å². The van der Waals surface area contributed by atoms with Gasteiger partial charge in [-0.05, 0) is 47.9 Å². The summed E-state index contributed by atoms with van der Waals surface area (Å²) in [7, 11) is -3.51. The van der Waals surface area contributed by atoms with Crippen molar-refractivity contribution in [2.24, 2.45) is 0 Å². The van der Waals surface area contributed by atoms with Crippen molar-refractivity contribution in [3.05, 3.63) is 59.7 Å². The Bertz CT molecular complexity index is 795. The monoisotopic (exact) mass is 346 g/mol. The molecular formula is C18H22N2O3S. The van der Waals surface area contributed by atoms with Gasteiger partial charge in [0.05, 0.1) is 4.90 Å². The first-order valence-corrected chi connectivity index (χ1v) is 9.33. The van der Waals surface area contributed by atoms with Gasteiger partial charge in [0.15, 0.2) is 0 Å². The molecule has 1 amide bonds. The third kappa shape index (κ3) is 4.43. The molecule has 0 saturated heterocycles. The SMILES string of the molecule is CCNS(=O)(=O)c1ccc(C(=O)Nc2ccc(C(C)C)cc2)cc1. The van der Waals surface area contributed by atoms with Gasteiger partial charge in [0.25, 0.3) is 5.91 Å². The zero-order valence-electron chi connectivity index (χ0n) is 14.0. The second kappa shape index (κ2) is 7.59. The van der Waals surface area contributed by atoms with Gasteiger partial charge >= 0.3 is 0 Å². The van der Waals surface area contributed by atoms with E-state index in [2.05, 4.69) is 23.9 Å². The molecular weight excluding hydrogens is 324 g/mol. The van der Waals surface area contributed by atoms with Crippen molar-refractivity contribution in [2.45, 2.75) is 31.6 Å². The molecule has 0 saturated carbocycles. The summed E-state index contributed by atoms with van der Waals surface area (Å²) in [5.74, 6) is 0.153. The Hall–Kier alpha value is -2.18. The van der Waals surface area contributed by atoms with Crippen molar-refractivity contribution in [3.8, 4) is 0 Å². The Morgan fingerprint density at radius 2 is 1.58 bits per heavy atom. The largest absolute Gasteiger partial charge is 0.322 e. The van der Waals surface area contributed by atoms with Crippen molar-refractivity contribution in [1.82, 2.24) is 4.72 Å². The first-order valence-electron chi connectivity index (χ1n) is 7.84. The topological polar surface area (TPSA) is 75.3 Å². The second-order valence-electron chi connectivity index (χ2n) is 5.76. The minimum atomic E-state index is -3.51. The lowest BCUT2D eigenvalue weighted by molar-refractivity contribution is 0.102. The van der Waals surface area contributed by atoms with E-state index in [0.717, 1.165) is 0 Å². The number of carbonyl (C=O) groups is 1. The van der Waals surface area contributed by atoms with Crippen molar-refractivity contribution in [2.75, 3.05) is 11.9 Å². The lowest BCUT2D eigenvalue weighted by atomic mass is 10.0. The number of rotatable bonds is 6. The van der Waals surface area contributed by atoms with E-state index in [9.17, 15) is 13.2 Å². The average molecular weight is 346 g/mol. The molecule has 0 aliphatic heterocycles. The molecule has 0 aliphatic carbocycles. The Morgan fingerprint density at radius 1 is 1.00 bits per heavy atom. The summed E-state index contributed by atoms with van der Waals surface area (Å²) in [6.07, 6.45) is 0. The Kier molecular flexibility index (Phi) is 5.75. The molecule has 0 unspecified atom stereocenters. The minimum Gasteiger partial charge on any atom is -0.322 e. The third-order valence-electron chi connectivity index (χ3n) is 3.60. The van der Waals surface area contributed by atoms with Gasteiger partial charge in [0.2, 0.25) is 10.0 Å². The first-order chi connectivity index (χ1) is 11.3. The summed E-state index contributed by atoms with van der Waals surface area (Å²) in [6.45, 7) is 6.24. The van der Waals surface area contributed by atoms with Gasteiger partial charge in [0.1, 0.15) is 0 Å². The van der Waals surface area contributed by atoms with Crippen molar-refractivity contribution < 1.29 is 13.2 Å².